The van der Waals surface area contributed by atoms with Crippen LogP contribution in [0.4, 0.5) is 5.82 Å². The molecule has 2 heterocycles. The maximum Gasteiger partial charge on any atom is 0.337 e. The lowest BCUT2D eigenvalue weighted by molar-refractivity contribution is -0.113. The first kappa shape index (κ1) is 17.9. The number of methoxy groups -OCH3 is 1. The smallest absolute Gasteiger partial charge is 0.337 e. The Morgan fingerprint density at radius 2 is 1.89 bits per heavy atom. The first-order valence-corrected chi connectivity index (χ1v) is 10.1. The van der Waals surface area contributed by atoms with E-state index < -0.39 is 5.97 Å². The van der Waals surface area contributed by atoms with E-state index in [0.717, 1.165) is 31.2 Å². The fourth-order valence-corrected chi connectivity index (χ4v) is 4.98. The van der Waals surface area contributed by atoms with Crippen molar-refractivity contribution in [2.24, 2.45) is 0 Å². The van der Waals surface area contributed by atoms with Crippen LogP contribution in [-0.4, -0.2) is 34.5 Å². The zero-order chi connectivity index (χ0) is 19.0. The molecule has 0 bridgehead atoms. The van der Waals surface area contributed by atoms with Gasteiger partial charge >= 0.3 is 5.97 Å². The number of aromatic amines is 1. The van der Waals surface area contributed by atoms with Gasteiger partial charge in [0.1, 0.15) is 5.82 Å². The molecule has 0 saturated heterocycles. The molecule has 2 aromatic rings. The average molecular weight is 387 g/mol. The van der Waals surface area contributed by atoms with Crippen molar-refractivity contribution in [3.05, 3.63) is 51.3 Å². The first-order valence-electron chi connectivity index (χ1n) is 9.02. The summed E-state index contributed by atoms with van der Waals surface area (Å²) in [6.45, 7) is 0. The summed E-state index contributed by atoms with van der Waals surface area (Å²) >= 11 is 1.42. The van der Waals surface area contributed by atoms with E-state index in [1.807, 2.05) is 16.8 Å². The van der Waals surface area contributed by atoms with E-state index >= 15 is 0 Å². The molecule has 1 amide bonds. The van der Waals surface area contributed by atoms with E-state index in [4.69, 9.17) is 4.74 Å². The van der Waals surface area contributed by atoms with Crippen LogP contribution in [0.2, 0.25) is 0 Å². The molecule has 0 unspecified atom stereocenters. The third-order valence-electron chi connectivity index (χ3n) is 5.19. The number of amides is 1. The number of ether oxygens (including phenoxy) is 1. The van der Waals surface area contributed by atoms with Crippen LogP contribution >= 0.6 is 11.8 Å². The molecule has 142 valence electrons. The minimum Gasteiger partial charge on any atom is -0.465 e. The van der Waals surface area contributed by atoms with Crippen LogP contribution in [0.15, 0.2) is 29.1 Å². The van der Waals surface area contributed by atoms with Crippen LogP contribution in [0.25, 0.3) is 0 Å². The van der Waals surface area contributed by atoms with Gasteiger partial charge in [-0.2, -0.15) is 0 Å². The standard InChI is InChI=1S/C19H21N3O4S/c1-26-19(25)12-8-6-11(7-9-12)16-15-17(20-14(23)10-27-16)22(21-18(15)24)13-4-2-3-5-13/h6-9,13,16H,2-5,10H2,1H3,(H,20,23)(H,21,24)/t16-/m1/s1. The molecule has 27 heavy (non-hydrogen) atoms. The highest BCUT2D eigenvalue weighted by Crippen LogP contribution is 2.41. The Morgan fingerprint density at radius 1 is 1.19 bits per heavy atom. The topological polar surface area (TPSA) is 93.2 Å². The molecular formula is C19H21N3O4S. The van der Waals surface area contributed by atoms with Gasteiger partial charge in [0.15, 0.2) is 0 Å². The summed E-state index contributed by atoms with van der Waals surface area (Å²) < 4.78 is 6.59. The molecular weight excluding hydrogens is 366 g/mol. The van der Waals surface area contributed by atoms with Crippen molar-refractivity contribution < 1.29 is 14.3 Å². The van der Waals surface area contributed by atoms with Crippen molar-refractivity contribution in [2.45, 2.75) is 37.0 Å². The zero-order valence-electron chi connectivity index (χ0n) is 15.0. The second kappa shape index (κ2) is 7.26. The molecule has 0 radical (unpaired) electrons. The molecule has 1 fully saturated rings. The average Bonchev–Trinajstić information content (AvgIpc) is 3.27. The van der Waals surface area contributed by atoms with E-state index in [2.05, 4.69) is 10.4 Å². The molecule has 0 spiro atoms. The Labute approximate surface area is 160 Å². The largest absolute Gasteiger partial charge is 0.465 e. The molecule has 1 aromatic carbocycles. The summed E-state index contributed by atoms with van der Waals surface area (Å²) in [6, 6.07) is 7.21. The van der Waals surface area contributed by atoms with Crippen LogP contribution in [0.5, 0.6) is 0 Å². The van der Waals surface area contributed by atoms with Crippen molar-refractivity contribution in [1.29, 1.82) is 0 Å². The fraction of sp³-hybridized carbons (Fsp3) is 0.421. The van der Waals surface area contributed by atoms with Gasteiger partial charge in [-0.05, 0) is 30.5 Å². The number of carbonyl (C=O) groups is 2. The van der Waals surface area contributed by atoms with Gasteiger partial charge in [-0.15, -0.1) is 11.8 Å². The number of fused-ring (bicyclic) bond motifs is 1. The van der Waals surface area contributed by atoms with Crippen molar-refractivity contribution >= 4 is 29.5 Å². The van der Waals surface area contributed by atoms with Crippen molar-refractivity contribution in [2.75, 3.05) is 18.2 Å². The number of H-pyrrole nitrogens is 1. The van der Waals surface area contributed by atoms with Gasteiger partial charge in [0.05, 0.1) is 35.3 Å². The molecule has 2 aliphatic rings. The molecule has 1 aliphatic heterocycles. The van der Waals surface area contributed by atoms with Crippen molar-refractivity contribution in [3.8, 4) is 0 Å². The number of hydrogen-bond donors (Lipinski definition) is 2. The monoisotopic (exact) mass is 387 g/mol. The molecule has 8 heteroatoms. The second-order valence-electron chi connectivity index (χ2n) is 6.86. The van der Waals surface area contributed by atoms with E-state index in [1.165, 1.54) is 18.9 Å². The van der Waals surface area contributed by atoms with Crippen LogP contribution < -0.4 is 10.9 Å². The first-order chi connectivity index (χ1) is 13.1. The van der Waals surface area contributed by atoms with Gasteiger partial charge in [-0.1, -0.05) is 25.0 Å². The van der Waals surface area contributed by atoms with Gasteiger partial charge in [0.25, 0.3) is 5.56 Å². The molecule has 4 rings (SSSR count). The fourth-order valence-electron chi connectivity index (χ4n) is 3.86. The number of thioether (sulfide) groups is 1. The van der Waals surface area contributed by atoms with Gasteiger partial charge in [-0.25, -0.2) is 4.79 Å². The third-order valence-corrected chi connectivity index (χ3v) is 6.46. The summed E-state index contributed by atoms with van der Waals surface area (Å²) in [7, 11) is 1.34. The van der Waals surface area contributed by atoms with Crippen LogP contribution in [0, 0.1) is 0 Å². The Balaban J connectivity index is 1.76. The summed E-state index contributed by atoms with van der Waals surface area (Å²) in [6.07, 6.45) is 4.25. The van der Waals surface area contributed by atoms with Crippen LogP contribution in [0.3, 0.4) is 0 Å². The number of nitrogens with one attached hydrogen (secondary N) is 2. The van der Waals surface area contributed by atoms with E-state index in [0.29, 0.717) is 16.9 Å². The number of benzene rings is 1. The number of nitrogens with zero attached hydrogens (tertiary/aromatic N) is 1. The lowest BCUT2D eigenvalue weighted by Crippen LogP contribution is -2.18. The Kier molecular flexibility index (Phi) is 4.82. The number of carbonyl (C=O) groups excluding carboxylic acids is 2. The number of hydrogen-bond acceptors (Lipinski definition) is 5. The highest BCUT2D eigenvalue weighted by molar-refractivity contribution is 8.00. The summed E-state index contributed by atoms with van der Waals surface area (Å²) in [5, 5.41) is 5.59. The summed E-state index contributed by atoms with van der Waals surface area (Å²) in [5.41, 5.74) is 1.73. The van der Waals surface area contributed by atoms with Crippen LogP contribution in [0.1, 0.15) is 58.5 Å². The molecule has 1 saturated carbocycles. The van der Waals surface area contributed by atoms with Gasteiger partial charge in [0.2, 0.25) is 5.91 Å². The minimum absolute atomic E-state index is 0.110. The summed E-state index contributed by atoms with van der Waals surface area (Å²) in [5.74, 6) is 0.338. The van der Waals surface area contributed by atoms with E-state index in [-0.39, 0.29) is 28.5 Å². The Morgan fingerprint density at radius 3 is 2.56 bits per heavy atom. The summed E-state index contributed by atoms with van der Waals surface area (Å²) in [4.78, 5) is 36.7. The normalized spacial score (nSPS) is 20.0. The predicted molar refractivity (Wildman–Crippen MR) is 103 cm³/mol. The SMILES string of the molecule is COC(=O)c1ccc([C@H]2SCC(=O)Nc3c2c(=O)[nH]n3C2CCCC2)cc1. The number of anilines is 1. The van der Waals surface area contributed by atoms with Crippen molar-refractivity contribution in [1.82, 2.24) is 9.78 Å². The second-order valence-corrected chi connectivity index (χ2v) is 7.96. The van der Waals surface area contributed by atoms with Gasteiger partial charge < -0.3 is 10.1 Å². The number of esters is 1. The molecule has 1 aliphatic carbocycles. The molecule has 1 aromatic heterocycles. The zero-order valence-corrected chi connectivity index (χ0v) is 15.8. The van der Waals surface area contributed by atoms with E-state index in [1.54, 1.807) is 12.1 Å². The molecule has 1 atom stereocenters. The Bertz CT molecular complexity index is 925. The lowest BCUT2D eigenvalue weighted by Gasteiger charge is -2.17. The maximum absolute atomic E-state index is 12.8. The Hall–Kier alpha value is -2.48. The quantitative estimate of drug-likeness (QED) is 0.790. The maximum atomic E-state index is 12.8. The molecule has 7 nitrogen and oxygen atoms in total. The predicted octanol–water partition coefficient (Wildman–Crippen LogP) is 2.85. The van der Waals surface area contributed by atoms with Gasteiger partial charge in [-0.3, -0.25) is 19.4 Å². The van der Waals surface area contributed by atoms with Crippen LogP contribution in [-0.2, 0) is 9.53 Å². The minimum atomic E-state index is -0.405. The highest BCUT2D eigenvalue weighted by Gasteiger charge is 2.32. The third kappa shape index (κ3) is 3.29. The number of rotatable bonds is 3. The number of aromatic nitrogens is 2. The lowest BCUT2D eigenvalue weighted by atomic mass is 10.0. The van der Waals surface area contributed by atoms with E-state index in [9.17, 15) is 14.4 Å². The highest BCUT2D eigenvalue weighted by atomic mass is 32.2. The van der Waals surface area contributed by atoms with Gasteiger partial charge in [0, 0.05) is 0 Å². The van der Waals surface area contributed by atoms with Crippen molar-refractivity contribution in [3.63, 3.8) is 0 Å². The molecule has 2 N–H and O–H groups in total.